The van der Waals surface area contributed by atoms with Crippen LogP contribution in [0.25, 0.3) is 11.3 Å². The van der Waals surface area contributed by atoms with Crippen molar-refractivity contribution in [3.8, 4) is 0 Å². The van der Waals surface area contributed by atoms with Gasteiger partial charge in [0.1, 0.15) is 0 Å². The van der Waals surface area contributed by atoms with Crippen molar-refractivity contribution < 1.29 is 0 Å². The van der Waals surface area contributed by atoms with Gasteiger partial charge in [0.2, 0.25) is 0 Å². The van der Waals surface area contributed by atoms with Crippen molar-refractivity contribution >= 4 is 11.3 Å². The summed E-state index contributed by atoms with van der Waals surface area (Å²) >= 11 is 0. The molecule has 0 bridgehead atoms. The Bertz CT molecular complexity index is 767. The van der Waals surface area contributed by atoms with Crippen molar-refractivity contribution in [2.75, 3.05) is 0 Å². The highest BCUT2D eigenvalue weighted by molar-refractivity contribution is 5.72. The van der Waals surface area contributed by atoms with Crippen molar-refractivity contribution in [3.05, 3.63) is 96.1 Å². The highest BCUT2D eigenvalue weighted by Gasteiger charge is 2.22. The average Bonchev–Trinajstić information content (AvgIpc) is 2.93. The molecule has 1 atom stereocenters. The molecule has 0 spiro atoms. The van der Waals surface area contributed by atoms with E-state index in [0.29, 0.717) is 0 Å². The molecule has 23 heavy (non-hydrogen) atoms. The molecule has 0 saturated heterocycles. The quantitative estimate of drug-likeness (QED) is 0.717. The maximum absolute atomic E-state index is 4.08. The summed E-state index contributed by atoms with van der Waals surface area (Å²) in [6.45, 7) is 10.1. The van der Waals surface area contributed by atoms with Gasteiger partial charge in [0.15, 0.2) is 0 Å². The second kappa shape index (κ2) is 6.70. The fourth-order valence-electron chi connectivity index (χ4n) is 3.22. The molecule has 0 aromatic heterocycles. The van der Waals surface area contributed by atoms with Crippen LogP contribution in [0.5, 0.6) is 0 Å². The van der Waals surface area contributed by atoms with Gasteiger partial charge in [-0.3, -0.25) is 0 Å². The number of hydrogen-bond donors (Lipinski definition) is 1. The number of hydrogen-bond acceptors (Lipinski definition) is 1. The minimum atomic E-state index is 0.222. The van der Waals surface area contributed by atoms with Crippen LogP contribution in [0.4, 0.5) is 0 Å². The third-order valence-corrected chi connectivity index (χ3v) is 4.37. The smallest absolute Gasteiger partial charge is 0.0702 e. The zero-order valence-corrected chi connectivity index (χ0v) is 13.7. The minimum Gasteiger partial charge on any atom is -0.374 e. The number of nitrogens with one attached hydrogen (secondary N) is 1. The van der Waals surface area contributed by atoms with E-state index in [1.165, 1.54) is 28.0 Å². The Morgan fingerprint density at radius 1 is 1.13 bits per heavy atom. The van der Waals surface area contributed by atoms with Crippen LogP contribution in [-0.4, -0.2) is 0 Å². The predicted molar refractivity (Wildman–Crippen MR) is 100.0 cm³/mol. The molecule has 1 heteroatoms. The largest absolute Gasteiger partial charge is 0.374 e. The molecule has 2 aromatic carbocycles. The highest BCUT2D eigenvalue weighted by atomic mass is 15.0. The van der Waals surface area contributed by atoms with Crippen molar-refractivity contribution in [1.82, 2.24) is 5.32 Å². The van der Waals surface area contributed by atoms with Crippen LogP contribution in [0.1, 0.15) is 41.6 Å². The van der Waals surface area contributed by atoms with Crippen molar-refractivity contribution in [3.63, 3.8) is 0 Å². The number of rotatable bonds is 5. The zero-order chi connectivity index (χ0) is 16.2. The number of fused-ring (bicyclic) bond motifs is 1. The maximum Gasteiger partial charge on any atom is 0.0702 e. The van der Waals surface area contributed by atoms with E-state index in [1.807, 2.05) is 6.08 Å². The van der Waals surface area contributed by atoms with Crippen LogP contribution in [-0.2, 0) is 6.42 Å². The van der Waals surface area contributed by atoms with E-state index in [1.54, 1.807) is 0 Å². The minimum absolute atomic E-state index is 0.222. The second-order valence-corrected chi connectivity index (χ2v) is 6.04. The monoisotopic (exact) mass is 301 g/mol. The van der Waals surface area contributed by atoms with E-state index in [-0.39, 0.29) is 6.04 Å². The summed E-state index contributed by atoms with van der Waals surface area (Å²) in [7, 11) is 0. The molecule has 0 saturated carbocycles. The van der Waals surface area contributed by atoms with Crippen LogP contribution < -0.4 is 5.32 Å². The van der Waals surface area contributed by atoms with E-state index in [9.17, 15) is 0 Å². The number of aryl methyl sites for hydroxylation is 1. The summed E-state index contributed by atoms with van der Waals surface area (Å²) in [5.41, 5.74) is 7.60. The standard InChI is InChI=1S/C22H23N/c1-4-21-19-13-7-8-14-20(19)22(23-21)15-9-11-17-10-5-6-12-18(17)16(2)3/h4-8,10,12-15,21,23H,1-2,9,11H2,3H3/b22-15-. The van der Waals surface area contributed by atoms with Crippen LogP contribution >= 0.6 is 0 Å². The van der Waals surface area contributed by atoms with E-state index in [2.05, 4.69) is 80.0 Å². The van der Waals surface area contributed by atoms with Gasteiger partial charge in [0.05, 0.1) is 6.04 Å². The summed E-state index contributed by atoms with van der Waals surface area (Å²) in [4.78, 5) is 0. The summed E-state index contributed by atoms with van der Waals surface area (Å²) in [5, 5.41) is 3.56. The lowest BCUT2D eigenvalue weighted by Crippen LogP contribution is -2.08. The molecule has 1 aliphatic heterocycles. The first-order valence-electron chi connectivity index (χ1n) is 8.13. The van der Waals surface area contributed by atoms with Crippen molar-refractivity contribution in [1.29, 1.82) is 0 Å². The van der Waals surface area contributed by atoms with Crippen LogP contribution in [0.15, 0.2) is 73.8 Å². The van der Waals surface area contributed by atoms with E-state index in [0.717, 1.165) is 18.4 Å². The molecule has 1 unspecified atom stereocenters. The first kappa shape index (κ1) is 15.4. The molecule has 1 heterocycles. The number of allylic oxidation sites excluding steroid dienone is 2. The normalized spacial score (nSPS) is 17.6. The van der Waals surface area contributed by atoms with Crippen LogP contribution in [0.2, 0.25) is 0 Å². The Morgan fingerprint density at radius 2 is 1.87 bits per heavy atom. The van der Waals surface area contributed by atoms with Gasteiger partial charge in [0.25, 0.3) is 0 Å². The van der Waals surface area contributed by atoms with E-state index in [4.69, 9.17) is 0 Å². The molecule has 1 aliphatic rings. The van der Waals surface area contributed by atoms with Gasteiger partial charge < -0.3 is 5.32 Å². The lowest BCUT2D eigenvalue weighted by Gasteiger charge is -2.09. The van der Waals surface area contributed by atoms with Gasteiger partial charge in [0, 0.05) is 11.3 Å². The molecule has 0 fully saturated rings. The first-order valence-corrected chi connectivity index (χ1v) is 8.13. The Hall–Kier alpha value is -2.54. The Morgan fingerprint density at radius 3 is 2.65 bits per heavy atom. The molecule has 116 valence electrons. The fourth-order valence-corrected chi connectivity index (χ4v) is 3.22. The lowest BCUT2D eigenvalue weighted by atomic mass is 9.98. The van der Waals surface area contributed by atoms with Gasteiger partial charge in [-0.15, -0.1) is 6.58 Å². The van der Waals surface area contributed by atoms with E-state index < -0.39 is 0 Å². The van der Waals surface area contributed by atoms with Crippen molar-refractivity contribution in [2.45, 2.75) is 25.8 Å². The first-order chi connectivity index (χ1) is 11.2. The Kier molecular flexibility index (Phi) is 4.47. The SMILES string of the molecule is C=CC1N/C(=C\CCc2ccccc2C(=C)C)c2ccccc21. The maximum atomic E-state index is 4.08. The van der Waals surface area contributed by atoms with Crippen LogP contribution in [0.3, 0.4) is 0 Å². The third kappa shape index (κ3) is 3.14. The fraction of sp³-hybridized carbons (Fsp3) is 0.182. The van der Waals surface area contributed by atoms with Gasteiger partial charge >= 0.3 is 0 Å². The van der Waals surface area contributed by atoms with Crippen molar-refractivity contribution in [2.24, 2.45) is 0 Å². The molecule has 0 radical (unpaired) electrons. The topological polar surface area (TPSA) is 12.0 Å². The zero-order valence-electron chi connectivity index (χ0n) is 13.7. The lowest BCUT2D eigenvalue weighted by molar-refractivity contribution is 0.812. The van der Waals surface area contributed by atoms with Crippen LogP contribution in [0, 0.1) is 0 Å². The molecule has 3 rings (SSSR count). The van der Waals surface area contributed by atoms with Gasteiger partial charge in [-0.2, -0.15) is 0 Å². The Labute approximate surface area is 139 Å². The van der Waals surface area contributed by atoms with Gasteiger partial charge in [-0.1, -0.05) is 72.8 Å². The molecule has 1 nitrogen and oxygen atoms in total. The number of benzene rings is 2. The Balaban J connectivity index is 1.78. The van der Waals surface area contributed by atoms with E-state index >= 15 is 0 Å². The predicted octanol–water partition coefficient (Wildman–Crippen LogP) is 5.52. The second-order valence-electron chi connectivity index (χ2n) is 6.04. The average molecular weight is 301 g/mol. The summed E-state index contributed by atoms with van der Waals surface area (Å²) in [5.74, 6) is 0. The summed E-state index contributed by atoms with van der Waals surface area (Å²) in [6, 6.07) is 17.3. The van der Waals surface area contributed by atoms with Gasteiger partial charge in [-0.05, 0) is 36.5 Å². The molecular formula is C22H23N. The third-order valence-electron chi connectivity index (χ3n) is 4.37. The molecule has 2 aromatic rings. The molecule has 0 aliphatic carbocycles. The highest BCUT2D eigenvalue weighted by Crippen LogP contribution is 2.33. The summed E-state index contributed by atoms with van der Waals surface area (Å²) in [6.07, 6.45) is 6.30. The summed E-state index contributed by atoms with van der Waals surface area (Å²) < 4.78 is 0. The molecule has 0 amide bonds. The molecular weight excluding hydrogens is 278 g/mol. The molecule has 1 N–H and O–H groups in total. The van der Waals surface area contributed by atoms with Gasteiger partial charge in [-0.25, -0.2) is 0 Å².